The number of ether oxygens (including phenoxy) is 1. The predicted octanol–water partition coefficient (Wildman–Crippen LogP) is 2.87. The molecule has 0 spiro atoms. The average Bonchev–Trinajstić information content (AvgIpc) is 3.10. The van der Waals surface area contributed by atoms with E-state index < -0.39 is 0 Å². The third kappa shape index (κ3) is 0.896. The molecule has 15 heavy (non-hydrogen) atoms. The first kappa shape index (κ1) is 7.60. The third-order valence-electron chi connectivity index (χ3n) is 3.16. The van der Waals surface area contributed by atoms with Gasteiger partial charge in [-0.3, -0.25) is 4.98 Å². The van der Waals surface area contributed by atoms with Crippen molar-refractivity contribution >= 4 is 0 Å². The summed E-state index contributed by atoms with van der Waals surface area (Å²) in [6.07, 6.45) is 2.37. The number of aromatic nitrogens is 1. The van der Waals surface area contributed by atoms with E-state index in [9.17, 15) is 0 Å². The molecule has 2 atom stereocenters. The lowest BCUT2D eigenvalue weighted by Crippen LogP contribution is -2.00. The normalized spacial score (nSPS) is 25.1. The Morgan fingerprint density at radius 1 is 0.933 bits per heavy atom. The zero-order valence-corrected chi connectivity index (χ0v) is 8.05. The Morgan fingerprint density at radius 3 is 2.73 bits per heavy atom. The van der Waals surface area contributed by atoms with Gasteiger partial charge in [-0.15, -0.1) is 0 Å². The van der Waals surface area contributed by atoms with Crippen LogP contribution >= 0.6 is 0 Å². The monoisotopic (exact) mass is 195 g/mol. The minimum atomic E-state index is 0.253. The second-order valence-corrected chi connectivity index (χ2v) is 4.01. The number of hydrogen-bond acceptors (Lipinski definition) is 2. The number of fused-ring (bicyclic) bond motifs is 6. The molecule has 2 aromatic rings. The highest BCUT2D eigenvalue weighted by Gasteiger charge is 2.47. The summed E-state index contributed by atoms with van der Waals surface area (Å²) in [6, 6.07) is 12.5. The Balaban J connectivity index is 2.09. The summed E-state index contributed by atoms with van der Waals surface area (Å²) in [7, 11) is 0. The molecule has 1 aromatic carbocycles. The lowest BCUT2D eigenvalue weighted by molar-refractivity contribution is 0.380. The molecule has 2 aliphatic rings. The first-order valence-electron chi connectivity index (χ1n) is 5.15. The second-order valence-electron chi connectivity index (χ2n) is 4.01. The van der Waals surface area contributed by atoms with Crippen molar-refractivity contribution < 1.29 is 4.74 Å². The molecule has 0 amide bonds. The number of epoxide rings is 1. The van der Waals surface area contributed by atoms with Crippen LogP contribution in [0.1, 0.15) is 23.3 Å². The van der Waals surface area contributed by atoms with E-state index >= 15 is 0 Å². The van der Waals surface area contributed by atoms with Gasteiger partial charge in [0.2, 0.25) is 0 Å². The van der Waals surface area contributed by atoms with Crippen LogP contribution in [-0.4, -0.2) is 4.98 Å². The van der Waals surface area contributed by atoms with E-state index in [1.807, 2.05) is 12.3 Å². The van der Waals surface area contributed by atoms with E-state index in [0.717, 1.165) is 5.69 Å². The highest BCUT2D eigenvalue weighted by molar-refractivity contribution is 5.72. The van der Waals surface area contributed by atoms with Crippen molar-refractivity contribution in [3.8, 4) is 11.3 Å². The Labute approximate surface area is 87.5 Å². The van der Waals surface area contributed by atoms with Gasteiger partial charge >= 0.3 is 0 Å². The molecule has 2 heteroatoms. The summed E-state index contributed by atoms with van der Waals surface area (Å²) < 4.78 is 5.69. The van der Waals surface area contributed by atoms with Gasteiger partial charge in [-0.1, -0.05) is 30.3 Å². The van der Waals surface area contributed by atoms with Crippen LogP contribution in [0, 0.1) is 0 Å². The van der Waals surface area contributed by atoms with E-state index in [1.54, 1.807) is 0 Å². The molecule has 1 aromatic heterocycles. The maximum atomic E-state index is 5.69. The van der Waals surface area contributed by atoms with Gasteiger partial charge in [-0.2, -0.15) is 0 Å². The number of rotatable bonds is 0. The van der Waals surface area contributed by atoms with E-state index in [4.69, 9.17) is 4.74 Å². The first-order valence-corrected chi connectivity index (χ1v) is 5.15. The van der Waals surface area contributed by atoms with Gasteiger partial charge in [0, 0.05) is 17.3 Å². The zero-order chi connectivity index (χ0) is 9.83. The molecule has 2 heterocycles. The summed E-state index contributed by atoms with van der Waals surface area (Å²) in [5.74, 6) is 0. The summed E-state index contributed by atoms with van der Waals surface area (Å²) in [4.78, 5) is 4.46. The molecule has 1 aliphatic carbocycles. The number of nitrogens with zero attached hydrogens (tertiary/aromatic N) is 1. The van der Waals surface area contributed by atoms with Crippen molar-refractivity contribution in [2.24, 2.45) is 0 Å². The van der Waals surface area contributed by atoms with Gasteiger partial charge in [0.05, 0.1) is 5.69 Å². The van der Waals surface area contributed by atoms with Crippen molar-refractivity contribution in [1.29, 1.82) is 0 Å². The standard InChI is InChI=1S/C13H9NO/c1-2-5-9-8(4-1)11-10(6-3-7-14-11)13-12(9)15-13/h1-7,12-13H/t12-,13+/m0/s1. The van der Waals surface area contributed by atoms with Gasteiger partial charge in [0.1, 0.15) is 12.2 Å². The fourth-order valence-corrected chi connectivity index (χ4v) is 2.42. The maximum Gasteiger partial charge on any atom is 0.116 e. The Kier molecular flexibility index (Phi) is 1.25. The predicted molar refractivity (Wildman–Crippen MR) is 56.2 cm³/mol. The number of pyridine rings is 1. The SMILES string of the molecule is c1ccc2c(c1)-c1ncccc1[C@H]1O[C@@H]21. The molecule has 1 aliphatic heterocycles. The first-order chi connectivity index (χ1) is 7.45. The molecule has 1 saturated heterocycles. The molecule has 1 fully saturated rings. The van der Waals surface area contributed by atoms with Crippen LogP contribution in [0.3, 0.4) is 0 Å². The van der Waals surface area contributed by atoms with Crippen LogP contribution in [0.5, 0.6) is 0 Å². The van der Waals surface area contributed by atoms with Gasteiger partial charge < -0.3 is 4.74 Å². The molecular formula is C13H9NO. The van der Waals surface area contributed by atoms with Crippen molar-refractivity contribution in [1.82, 2.24) is 4.98 Å². The minimum absolute atomic E-state index is 0.253. The van der Waals surface area contributed by atoms with Gasteiger partial charge in [-0.05, 0) is 11.6 Å². The largest absolute Gasteiger partial charge is 0.359 e. The molecular weight excluding hydrogens is 186 g/mol. The van der Waals surface area contributed by atoms with Gasteiger partial charge in [0.15, 0.2) is 0 Å². The second kappa shape index (κ2) is 2.47. The van der Waals surface area contributed by atoms with E-state index in [0.29, 0.717) is 0 Å². The third-order valence-corrected chi connectivity index (χ3v) is 3.16. The molecule has 0 radical (unpaired) electrons. The molecule has 0 bridgehead atoms. The van der Waals surface area contributed by atoms with Crippen molar-refractivity contribution in [2.75, 3.05) is 0 Å². The topological polar surface area (TPSA) is 25.4 Å². The van der Waals surface area contributed by atoms with Crippen molar-refractivity contribution in [2.45, 2.75) is 12.2 Å². The van der Waals surface area contributed by atoms with E-state index in [-0.39, 0.29) is 12.2 Å². The average molecular weight is 195 g/mol. The Bertz CT molecular complexity index is 500. The highest BCUT2D eigenvalue weighted by atomic mass is 16.6. The van der Waals surface area contributed by atoms with Gasteiger partial charge in [-0.25, -0.2) is 0 Å². The Hall–Kier alpha value is -1.67. The lowest BCUT2D eigenvalue weighted by atomic mass is 9.89. The summed E-state index contributed by atoms with van der Waals surface area (Å²) in [6.45, 7) is 0. The van der Waals surface area contributed by atoms with Gasteiger partial charge in [0.25, 0.3) is 0 Å². The molecule has 2 nitrogen and oxygen atoms in total. The van der Waals surface area contributed by atoms with Crippen LogP contribution < -0.4 is 0 Å². The van der Waals surface area contributed by atoms with Crippen LogP contribution in [0.15, 0.2) is 42.6 Å². The molecule has 0 saturated carbocycles. The maximum absolute atomic E-state index is 5.69. The smallest absolute Gasteiger partial charge is 0.116 e. The Morgan fingerprint density at radius 2 is 1.73 bits per heavy atom. The van der Waals surface area contributed by atoms with E-state index in [2.05, 4.69) is 35.3 Å². The van der Waals surface area contributed by atoms with E-state index in [1.165, 1.54) is 16.7 Å². The van der Waals surface area contributed by atoms with Crippen molar-refractivity contribution in [3.63, 3.8) is 0 Å². The number of hydrogen-bond donors (Lipinski definition) is 0. The lowest BCUT2D eigenvalue weighted by Gasteiger charge is -2.14. The summed E-state index contributed by atoms with van der Waals surface area (Å²) >= 11 is 0. The molecule has 72 valence electrons. The van der Waals surface area contributed by atoms with Crippen LogP contribution in [0.2, 0.25) is 0 Å². The fraction of sp³-hybridized carbons (Fsp3) is 0.154. The summed E-state index contributed by atoms with van der Waals surface area (Å²) in [5.41, 5.74) is 4.84. The van der Waals surface area contributed by atoms with Crippen LogP contribution in [0.4, 0.5) is 0 Å². The quantitative estimate of drug-likeness (QED) is 0.604. The van der Waals surface area contributed by atoms with Crippen molar-refractivity contribution in [3.05, 3.63) is 53.7 Å². The zero-order valence-electron chi connectivity index (χ0n) is 8.05. The molecule has 0 unspecified atom stereocenters. The minimum Gasteiger partial charge on any atom is -0.359 e. The highest BCUT2D eigenvalue weighted by Crippen LogP contribution is 2.58. The number of benzene rings is 1. The molecule has 4 rings (SSSR count). The molecule has 0 N–H and O–H groups in total. The van der Waals surface area contributed by atoms with Crippen LogP contribution in [-0.2, 0) is 4.74 Å². The summed E-state index contributed by atoms with van der Waals surface area (Å²) in [5, 5.41) is 0. The van der Waals surface area contributed by atoms with Crippen LogP contribution in [0.25, 0.3) is 11.3 Å². The fourth-order valence-electron chi connectivity index (χ4n) is 2.42.